The monoisotopic (exact) mass is 200 g/mol. The van der Waals surface area contributed by atoms with Gasteiger partial charge in [-0.15, -0.1) is 6.58 Å². The van der Waals surface area contributed by atoms with Crippen LogP contribution in [0.3, 0.4) is 0 Å². The van der Waals surface area contributed by atoms with Gasteiger partial charge in [0.25, 0.3) is 0 Å². The standard InChI is InChI=1S/C11H20O3/c1-2-3-7-10-14-11(13)8-5-4-6-9-12/h2,12H,1,3-10H2. The Morgan fingerprint density at radius 1 is 1.29 bits per heavy atom. The number of hydrogen-bond donors (Lipinski definition) is 1. The molecule has 0 aromatic heterocycles. The van der Waals surface area contributed by atoms with Crippen LogP contribution < -0.4 is 0 Å². The minimum atomic E-state index is -0.132. The molecule has 0 atom stereocenters. The Bertz CT molecular complexity index is 155. The molecule has 0 saturated heterocycles. The fourth-order valence-corrected chi connectivity index (χ4v) is 1.04. The van der Waals surface area contributed by atoms with Crippen LogP contribution in [0.4, 0.5) is 0 Å². The first kappa shape index (κ1) is 13.2. The number of aliphatic hydroxyl groups is 1. The Balaban J connectivity index is 3.15. The van der Waals surface area contributed by atoms with Gasteiger partial charge >= 0.3 is 5.97 Å². The van der Waals surface area contributed by atoms with Gasteiger partial charge in [-0.2, -0.15) is 0 Å². The van der Waals surface area contributed by atoms with Crippen LogP contribution in [-0.4, -0.2) is 24.3 Å². The van der Waals surface area contributed by atoms with Crippen molar-refractivity contribution in [1.29, 1.82) is 0 Å². The lowest BCUT2D eigenvalue weighted by Crippen LogP contribution is -2.05. The van der Waals surface area contributed by atoms with Crippen molar-refractivity contribution in [2.75, 3.05) is 13.2 Å². The molecule has 0 aliphatic heterocycles. The summed E-state index contributed by atoms with van der Waals surface area (Å²) >= 11 is 0. The Hall–Kier alpha value is -0.830. The summed E-state index contributed by atoms with van der Waals surface area (Å²) in [5, 5.41) is 8.51. The topological polar surface area (TPSA) is 46.5 Å². The molecular formula is C11H20O3. The zero-order chi connectivity index (χ0) is 10.6. The average Bonchev–Trinajstić information content (AvgIpc) is 2.19. The third-order valence-electron chi connectivity index (χ3n) is 1.85. The number of carbonyl (C=O) groups excluding carboxylic acids is 1. The molecule has 82 valence electrons. The van der Waals surface area contributed by atoms with Crippen molar-refractivity contribution in [2.24, 2.45) is 0 Å². The van der Waals surface area contributed by atoms with Crippen molar-refractivity contribution in [3.63, 3.8) is 0 Å². The maximum absolute atomic E-state index is 11.1. The number of esters is 1. The van der Waals surface area contributed by atoms with E-state index in [1.807, 2.05) is 6.08 Å². The van der Waals surface area contributed by atoms with Gasteiger partial charge in [0.15, 0.2) is 0 Å². The number of hydrogen-bond acceptors (Lipinski definition) is 3. The predicted octanol–water partition coefficient (Wildman–Crippen LogP) is 2.05. The summed E-state index contributed by atoms with van der Waals surface area (Å²) in [5.41, 5.74) is 0. The van der Waals surface area contributed by atoms with Gasteiger partial charge in [0.2, 0.25) is 0 Å². The molecule has 0 aromatic rings. The van der Waals surface area contributed by atoms with E-state index < -0.39 is 0 Å². The quantitative estimate of drug-likeness (QED) is 0.352. The summed E-state index contributed by atoms with van der Waals surface area (Å²) in [6.45, 7) is 4.28. The van der Waals surface area contributed by atoms with E-state index in [2.05, 4.69) is 6.58 Å². The van der Waals surface area contributed by atoms with Gasteiger partial charge in [0.05, 0.1) is 6.61 Å². The van der Waals surface area contributed by atoms with Gasteiger partial charge in [-0.05, 0) is 25.7 Å². The molecule has 0 spiro atoms. The van der Waals surface area contributed by atoms with Crippen LogP contribution in [0, 0.1) is 0 Å². The van der Waals surface area contributed by atoms with E-state index in [-0.39, 0.29) is 12.6 Å². The molecule has 0 amide bonds. The van der Waals surface area contributed by atoms with Gasteiger partial charge in [-0.1, -0.05) is 12.5 Å². The summed E-state index contributed by atoms with van der Waals surface area (Å²) in [5.74, 6) is -0.132. The van der Waals surface area contributed by atoms with Crippen molar-refractivity contribution in [1.82, 2.24) is 0 Å². The van der Waals surface area contributed by atoms with Crippen molar-refractivity contribution in [2.45, 2.75) is 38.5 Å². The molecule has 0 bridgehead atoms. The molecule has 0 fully saturated rings. The van der Waals surface area contributed by atoms with Crippen molar-refractivity contribution >= 4 is 5.97 Å². The summed E-state index contributed by atoms with van der Waals surface area (Å²) in [6, 6.07) is 0. The van der Waals surface area contributed by atoms with Gasteiger partial charge in [-0.25, -0.2) is 0 Å². The van der Waals surface area contributed by atoms with Crippen LogP contribution in [0.1, 0.15) is 38.5 Å². The molecule has 0 aliphatic carbocycles. The molecule has 3 nitrogen and oxygen atoms in total. The second-order valence-electron chi connectivity index (χ2n) is 3.19. The maximum Gasteiger partial charge on any atom is 0.305 e. The van der Waals surface area contributed by atoms with Gasteiger partial charge in [0, 0.05) is 13.0 Å². The summed E-state index contributed by atoms with van der Waals surface area (Å²) < 4.78 is 4.98. The predicted molar refractivity (Wildman–Crippen MR) is 55.9 cm³/mol. The fraction of sp³-hybridized carbons (Fsp3) is 0.727. The molecule has 1 N–H and O–H groups in total. The molecule has 0 radical (unpaired) electrons. The molecule has 14 heavy (non-hydrogen) atoms. The number of ether oxygens (including phenoxy) is 1. The molecule has 0 heterocycles. The van der Waals surface area contributed by atoms with Crippen LogP contribution in [0.2, 0.25) is 0 Å². The third kappa shape index (κ3) is 9.26. The lowest BCUT2D eigenvalue weighted by atomic mass is 10.2. The normalized spacial score (nSPS) is 9.79. The number of aliphatic hydroxyl groups excluding tert-OH is 1. The summed E-state index contributed by atoms with van der Waals surface area (Å²) in [4.78, 5) is 11.1. The van der Waals surface area contributed by atoms with Crippen LogP contribution in [0.15, 0.2) is 12.7 Å². The smallest absolute Gasteiger partial charge is 0.305 e. The maximum atomic E-state index is 11.1. The first-order chi connectivity index (χ1) is 6.81. The van der Waals surface area contributed by atoms with Crippen LogP contribution in [0.25, 0.3) is 0 Å². The second-order valence-corrected chi connectivity index (χ2v) is 3.19. The Morgan fingerprint density at radius 3 is 2.71 bits per heavy atom. The van der Waals surface area contributed by atoms with Crippen LogP contribution in [0.5, 0.6) is 0 Å². The van der Waals surface area contributed by atoms with E-state index in [0.717, 1.165) is 32.1 Å². The Morgan fingerprint density at radius 2 is 2.07 bits per heavy atom. The minimum Gasteiger partial charge on any atom is -0.466 e. The largest absolute Gasteiger partial charge is 0.466 e. The number of unbranched alkanes of at least 4 members (excludes halogenated alkanes) is 3. The fourth-order valence-electron chi connectivity index (χ4n) is 1.04. The molecule has 0 aromatic carbocycles. The molecular weight excluding hydrogens is 180 g/mol. The second kappa shape index (κ2) is 10.3. The Labute approximate surface area is 85.8 Å². The lowest BCUT2D eigenvalue weighted by molar-refractivity contribution is -0.143. The van der Waals surface area contributed by atoms with Crippen molar-refractivity contribution in [3.05, 3.63) is 12.7 Å². The highest BCUT2D eigenvalue weighted by Crippen LogP contribution is 2.01. The van der Waals surface area contributed by atoms with Crippen LogP contribution in [-0.2, 0) is 9.53 Å². The van der Waals surface area contributed by atoms with Crippen LogP contribution >= 0.6 is 0 Å². The SMILES string of the molecule is C=CCCCOC(=O)CCCCCO. The Kier molecular flexibility index (Phi) is 9.64. The lowest BCUT2D eigenvalue weighted by Gasteiger charge is -2.03. The average molecular weight is 200 g/mol. The van der Waals surface area contributed by atoms with Gasteiger partial charge in [0.1, 0.15) is 0 Å². The van der Waals surface area contributed by atoms with E-state index in [0.29, 0.717) is 13.0 Å². The van der Waals surface area contributed by atoms with E-state index in [1.165, 1.54) is 0 Å². The van der Waals surface area contributed by atoms with Crippen molar-refractivity contribution in [3.8, 4) is 0 Å². The zero-order valence-corrected chi connectivity index (χ0v) is 8.71. The minimum absolute atomic E-state index is 0.132. The van der Waals surface area contributed by atoms with Gasteiger partial charge in [-0.3, -0.25) is 4.79 Å². The van der Waals surface area contributed by atoms with E-state index >= 15 is 0 Å². The molecule has 0 rings (SSSR count). The molecule has 0 unspecified atom stereocenters. The van der Waals surface area contributed by atoms with E-state index in [4.69, 9.17) is 9.84 Å². The molecule has 0 saturated carbocycles. The number of allylic oxidation sites excluding steroid dienone is 1. The number of carbonyl (C=O) groups is 1. The van der Waals surface area contributed by atoms with E-state index in [9.17, 15) is 4.79 Å². The first-order valence-corrected chi connectivity index (χ1v) is 5.18. The third-order valence-corrected chi connectivity index (χ3v) is 1.85. The summed E-state index contributed by atoms with van der Waals surface area (Å²) in [7, 11) is 0. The highest BCUT2D eigenvalue weighted by Gasteiger charge is 2.01. The van der Waals surface area contributed by atoms with Crippen molar-refractivity contribution < 1.29 is 14.6 Å². The summed E-state index contributed by atoms with van der Waals surface area (Å²) in [6.07, 6.45) is 6.48. The van der Waals surface area contributed by atoms with Gasteiger partial charge < -0.3 is 9.84 Å². The first-order valence-electron chi connectivity index (χ1n) is 5.18. The number of rotatable bonds is 9. The molecule has 3 heteroatoms. The molecule has 0 aliphatic rings. The highest BCUT2D eigenvalue weighted by molar-refractivity contribution is 5.69. The van der Waals surface area contributed by atoms with E-state index in [1.54, 1.807) is 0 Å². The highest BCUT2D eigenvalue weighted by atomic mass is 16.5. The zero-order valence-electron chi connectivity index (χ0n) is 8.71.